The lowest BCUT2D eigenvalue weighted by molar-refractivity contribution is 0.0600. The van der Waals surface area contributed by atoms with Crippen LogP contribution in [-0.4, -0.2) is 24.9 Å². The molecule has 3 aliphatic rings. The van der Waals surface area contributed by atoms with Gasteiger partial charge in [-0.3, -0.25) is 0 Å². The first-order valence-corrected chi connectivity index (χ1v) is 5.28. The predicted octanol–water partition coefficient (Wildman–Crippen LogP) is 1.90. The molecule has 0 aromatic carbocycles. The zero-order valence-electron chi connectivity index (χ0n) is 8.03. The first kappa shape index (κ1) is 8.01. The van der Waals surface area contributed by atoms with Crippen LogP contribution in [0.4, 0.5) is 0 Å². The van der Waals surface area contributed by atoms with Crippen molar-refractivity contribution in [2.75, 3.05) is 6.61 Å². The second-order valence-corrected chi connectivity index (χ2v) is 4.59. The van der Waals surface area contributed by atoms with Crippen LogP contribution in [0, 0.1) is 5.41 Å². The van der Waals surface area contributed by atoms with Crippen molar-refractivity contribution in [1.29, 1.82) is 0 Å². The van der Waals surface area contributed by atoms with E-state index in [4.69, 9.17) is 9.47 Å². The topological polar surface area (TPSA) is 18.5 Å². The minimum Gasteiger partial charge on any atom is -0.378 e. The summed E-state index contributed by atoms with van der Waals surface area (Å²) in [6.45, 7) is 3.12. The van der Waals surface area contributed by atoms with Crippen molar-refractivity contribution in [1.82, 2.24) is 0 Å². The molecule has 0 saturated carbocycles. The molecule has 3 aliphatic heterocycles. The zero-order valence-corrected chi connectivity index (χ0v) is 8.03. The van der Waals surface area contributed by atoms with Crippen molar-refractivity contribution in [2.24, 2.45) is 5.41 Å². The Hall–Kier alpha value is -0.340. The highest BCUT2D eigenvalue weighted by Gasteiger charge is 2.53. The Morgan fingerprint density at radius 3 is 2.85 bits per heavy atom. The quantitative estimate of drug-likeness (QED) is 0.574. The van der Waals surface area contributed by atoms with Crippen LogP contribution in [0.1, 0.15) is 26.2 Å². The van der Waals surface area contributed by atoms with Crippen LogP contribution in [0.15, 0.2) is 12.2 Å². The van der Waals surface area contributed by atoms with E-state index in [-0.39, 0.29) is 0 Å². The maximum absolute atomic E-state index is 5.81. The number of hydrogen-bond acceptors (Lipinski definition) is 2. The standard InChI is InChI=1S/C11H16O2/c1-2-8-5-11(7-12-8)6-9-3-4-10(11)13-9/h3-4,8-10H,2,5-7H2,1H3. The molecule has 72 valence electrons. The average molecular weight is 180 g/mol. The molecule has 13 heavy (non-hydrogen) atoms. The molecule has 3 heterocycles. The molecular formula is C11H16O2. The first-order chi connectivity index (χ1) is 6.32. The van der Waals surface area contributed by atoms with Gasteiger partial charge in [-0.15, -0.1) is 0 Å². The largest absolute Gasteiger partial charge is 0.378 e. The van der Waals surface area contributed by atoms with Gasteiger partial charge in [0.25, 0.3) is 0 Å². The maximum atomic E-state index is 5.81. The van der Waals surface area contributed by atoms with Crippen LogP contribution in [0.5, 0.6) is 0 Å². The van der Waals surface area contributed by atoms with E-state index in [9.17, 15) is 0 Å². The first-order valence-electron chi connectivity index (χ1n) is 5.28. The van der Waals surface area contributed by atoms with Gasteiger partial charge in [0.2, 0.25) is 0 Å². The normalized spacial score (nSPS) is 52.5. The Kier molecular flexibility index (Phi) is 1.59. The Labute approximate surface area is 78.9 Å². The summed E-state index contributed by atoms with van der Waals surface area (Å²) in [5, 5.41) is 0. The molecular weight excluding hydrogens is 164 g/mol. The summed E-state index contributed by atoms with van der Waals surface area (Å²) in [5.41, 5.74) is 0.347. The Morgan fingerprint density at radius 2 is 2.31 bits per heavy atom. The summed E-state index contributed by atoms with van der Waals surface area (Å²) in [4.78, 5) is 0. The van der Waals surface area contributed by atoms with E-state index in [0.29, 0.717) is 23.7 Å². The SMILES string of the molecule is CCC1CC2(CO1)CC1C=CC2O1. The highest BCUT2D eigenvalue weighted by molar-refractivity contribution is 5.18. The highest BCUT2D eigenvalue weighted by atomic mass is 16.5. The van der Waals surface area contributed by atoms with Crippen LogP contribution in [0.25, 0.3) is 0 Å². The van der Waals surface area contributed by atoms with E-state index in [1.807, 2.05) is 0 Å². The maximum Gasteiger partial charge on any atom is 0.0845 e. The van der Waals surface area contributed by atoms with Gasteiger partial charge in [0.05, 0.1) is 24.9 Å². The second kappa shape index (κ2) is 2.58. The van der Waals surface area contributed by atoms with Gasteiger partial charge < -0.3 is 9.47 Å². The monoisotopic (exact) mass is 180 g/mol. The molecule has 0 radical (unpaired) electrons. The third-order valence-electron chi connectivity index (χ3n) is 3.73. The molecule has 0 aromatic rings. The van der Waals surface area contributed by atoms with Crippen LogP contribution < -0.4 is 0 Å². The molecule has 2 bridgehead atoms. The van der Waals surface area contributed by atoms with Crippen LogP contribution in [0.2, 0.25) is 0 Å². The summed E-state index contributed by atoms with van der Waals surface area (Å²) in [6, 6.07) is 0. The van der Waals surface area contributed by atoms with E-state index in [0.717, 1.165) is 13.0 Å². The lowest BCUT2D eigenvalue weighted by Crippen LogP contribution is -2.30. The van der Waals surface area contributed by atoms with Crippen molar-refractivity contribution in [2.45, 2.75) is 44.5 Å². The third kappa shape index (κ3) is 1.02. The molecule has 0 aliphatic carbocycles. The van der Waals surface area contributed by atoms with Crippen LogP contribution in [-0.2, 0) is 9.47 Å². The van der Waals surface area contributed by atoms with E-state index >= 15 is 0 Å². The Morgan fingerprint density at radius 1 is 1.38 bits per heavy atom. The summed E-state index contributed by atoms with van der Waals surface area (Å²) in [5.74, 6) is 0. The fourth-order valence-corrected chi connectivity index (χ4v) is 2.94. The van der Waals surface area contributed by atoms with Gasteiger partial charge in [-0.25, -0.2) is 0 Å². The van der Waals surface area contributed by atoms with E-state index < -0.39 is 0 Å². The Balaban J connectivity index is 1.81. The molecule has 0 amide bonds. The minimum absolute atomic E-state index is 0.347. The predicted molar refractivity (Wildman–Crippen MR) is 49.5 cm³/mol. The molecule has 0 aromatic heterocycles. The molecule has 1 spiro atoms. The number of ether oxygens (including phenoxy) is 2. The van der Waals surface area contributed by atoms with Gasteiger partial charge in [0.1, 0.15) is 0 Å². The number of rotatable bonds is 1. The highest BCUT2D eigenvalue weighted by Crippen LogP contribution is 2.50. The second-order valence-electron chi connectivity index (χ2n) is 4.59. The van der Waals surface area contributed by atoms with Crippen molar-refractivity contribution < 1.29 is 9.47 Å². The fraction of sp³-hybridized carbons (Fsp3) is 0.818. The summed E-state index contributed by atoms with van der Waals surface area (Å²) in [6.07, 6.45) is 9.20. The molecule has 4 unspecified atom stereocenters. The van der Waals surface area contributed by atoms with Crippen LogP contribution >= 0.6 is 0 Å². The van der Waals surface area contributed by atoms with Crippen molar-refractivity contribution >= 4 is 0 Å². The number of hydrogen-bond donors (Lipinski definition) is 0. The number of fused-ring (bicyclic) bond motifs is 3. The molecule has 2 nitrogen and oxygen atoms in total. The van der Waals surface area contributed by atoms with Gasteiger partial charge in [-0.05, 0) is 19.3 Å². The molecule has 3 rings (SSSR count). The van der Waals surface area contributed by atoms with E-state index in [2.05, 4.69) is 19.1 Å². The van der Waals surface area contributed by atoms with Gasteiger partial charge >= 0.3 is 0 Å². The average Bonchev–Trinajstić information content (AvgIpc) is 2.80. The van der Waals surface area contributed by atoms with Crippen molar-refractivity contribution in [3.8, 4) is 0 Å². The van der Waals surface area contributed by atoms with Crippen LogP contribution in [0.3, 0.4) is 0 Å². The smallest absolute Gasteiger partial charge is 0.0845 e. The van der Waals surface area contributed by atoms with Gasteiger partial charge in [0, 0.05) is 5.41 Å². The minimum atomic E-state index is 0.347. The fourth-order valence-electron chi connectivity index (χ4n) is 2.94. The van der Waals surface area contributed by atoms with Gasteiger partial charge in [-0.1, -0.05) is 19.1 Å². The third-order valence-corrected chi connectivity index (χ3v) is 3.73. The van der Waals surface area contributed by atoms with E-state index in [1.165, 1.54) is 12.8 Å². The lowest BCUT2D eigenvalue weighted by Gasteiger charge is -2.26. The van der Waals surface area contributed by atoms with Gasteiger partial charge in [0.15, 0.2) is 0 Å². The molecule has 0 N–H and O–H groups in total. The molecule has 2 fully saturated rings. The van der Waals surface area contributed by atoms with E-state index in [1.54, 1.807) is 0 Å². The summed E-state index contributed by atoms with van der Waals surface area (Å²) >= 11 is 0. The zero-order chi connectivity index (χ0) is 8.89. The molecule has 4 atom stereocenters. The molecule has 2 saturated heterocycles. The summed E-state index contributed by atoms with van der Waals surface area (Å²) < 4.78 is 11.6. The van der Waals surface area contributed by atoms with Gasteiger partial charge in [-0.2, -0.15) is 0 Å². The van der Waals surface area contributed by atoms with Crippen molar-refractivity contribution in [3.05, 3.63) is 12.2 Å². The summed E-state index contributed by atoms with van der Waals surface area (Å²) in [7, 11) is 0. The molecule has 2 heteroatoms. The Bertz CT molecular complexity index is 248. The van der Waals surface area contributed by atoms with Crippen molar-refractivity contribution in [3.63, 3.8) is 0 Å². The lowest BCUT2D eigenvalue weighted by atomic mass is 9.75.